The molecule has 0 bridgehead atoms. The molecule has 2 aromatic rings. The molecular formula is C14H12FNO2S. The molecule has 19 heavy (non-hydrogen) atoms. The summed E-state index contributed by atoms with van der Waals surface area (Å²) in [5, 5.41) is 9.66. The first-order valence-corrected chi connectivity index (χ1v) is 6.44. The minimum Gasteiger partial charge on any atom is -0.478 e. The Morgan fingerprint density at radius 1 is 1.32 bits per heavy atom. The second kappa shape index (κ2) is 5.40. The van der Waals surface area contributed by atoms with E-state index in [2.05, 4.69) is 4.98 Å². The van der Waals surface area contributed by atoms with E-state index in [0.717, 1.165) is 23.0 Å². The Balaban J connectivity index is 2.45. The first-order valence-electron chi connectivity index (χ1n) is 5.62. The zero-order chi connectivity index (χ0) is 14.0. The van der Waals surface area contributed by atoms with Crippen LogP contribution in [-0.2, 0) is 0 Å². The molecule has 1 heterocycles. The first kappa shape index (κ1) is 13.5. The summed E-state index contributed by atoms with van der Waals surface area (Å²) in [5.41, 5.74) is 1.77. The number of halogens is 1. The van der Waals surface area contributed by atoms with Crippen LogP contribution in [0, 0.1) is 19.7 Å². The molecule has 0 atom stereocenters. The van der Waals surface area contributed by atoms with Crippen LogP contribution in [0.1, 0.15) is 21.6 Å². The zero-order valence-electron chi connectivity index (χ0n) is 10.5. The third kappa shape index (κ3) is 3.12. The molecule has 1 aromatic carbocycles. The van der Waals surface area contributed by atoms with E-state index in [1.54, 1.807) is 6.07 Å². The molecule has 1 N–H and O–H groups in total. The average Bonchev–Trinajstić information content (AvgIpc) is 2.30. The van der Waals surface area contributed by atoms with Gasteiger partial charge in [0.1, 0.15) is 10.8 Å². The van der Waals surface area contributed by atoms with Gasteiger partial charge in [-0.15, -0.1) is 0 Å². The molecule has 5 heteroatoms. The molecule has 0 amide bonds. The minimum atomic E-state index is -1.15. The molecular weight excluding hydrogens is 265 g/mol. The van der Waals surface area contributed by atoms with Gasteiger partial charge >= 0.3 is 5.97 Å². The van der Waals surface area contributed by atoms with E-state index in [1.807, 2.05) is 19.9 Å². The maximum absolute atomic E-state index is 13.8. The number of benzene rings is 1. The molecule has 0 radical (unpaired) electrons. The molecule has 0 saturated carbocycles. The van der Waals surface area contributed by atoms with Crippen LogP contribution >= 0.6 is 11.8 Å². The van der Waals surface area contributed by atoms with Crippen LogP contribution in [0.2, 0.25) is 0 Å². The lowest BCUT2D eigenvalue weighted by Crippen LogP contribution is -2.01. The van der Waals surface area contributed by atoms with Gasteiger partial charge in [0, 0.05) is 5.69 Å². The van der Waals surface area contributed by atoms with E-state index < -0.39 is 11.8 Å². The highest BCUT2D eigenvalue weighted by Crippen LogP contribution is 2.32. The molecule has 0 aliphatic rings. The van der Waals surface area contributed by atoms with Gasteiger partial charge in [-0.2, -0.15) is 0 Å². The van der Waals surface area contributed by atoms with Crippen molar-refractivity contribution < 1.29 is 14.3 Å². The molecule has 3 nitrogen and oxygen atoms in total. The Morgan fingerprint density at radius 2 is 2.05 bits per heavy atom. The maximum Gasteiger partial charge on any atom is 0.336 e. The largest absolute Gasteiger partial charge is 0.478 e. The van der Waals surface area contributed by atoms with Crippen molar-refractivity contribution >= 4 is 17.7 Å². The van der Waals surface area contributed by atoms with Crippen molar-refractivity contribution in [2.45, 2.75) is 23.8 Å². The van der Waals surface area contributed by atoms with Crippen LogP contribution in [0.25, 0.3) is 0 Å². The summed E-state index contributed by atoms with van der Waals surface area (Å²) in [5.74, 6) is -1.70. The van der Waals surface area contributed by atoms with E-state index in [4.69, 9.17) is 5.11 Å². The van der Waals surface area contributed by atoms with Crippen LogP contribution in [0.4, 0.5) is 4.39 Å². The number of carboxylic acids is 1. The van der Waals surface area contributed by atoms with Gasteiger partial charge in [0.25, 0.3) is 0 Å². The molecule has 0 aliphatic heterocycles. The van der Waals surface area contributed by atoms with Crippen molar-refractivity contribution in [3.63, 3.8) is 0 Å². The van der Waals surface area contributed by atoms with Crippen LogP contribution in [0.15, 0.2) is 40.3 Å². The van der Waals surface area contributed by atoms with Crippen molar-refractivity contribution in [2.24, 2.45) is 0 Å². The van der Waals surface area contributed by atoms with E-state index in [1.165, 1.54) is 18.2 Å². The van der Waals surface area contributed by atoms with E-state index in [-0.39, 0.29) is 10.5 Å². The van der Waals surface area contributed by atoms with Crippen molar-refractivity contribution in [3.8, 4) is 0 Å². The zero-order valence-corrected chi connectivity index (χ0v) is 11.3. The Bertz CT molecular complexity index is 623. The topological polar surface area (TPSA) is 50.2 Å². The predicted molar refractivity (Wildman–Crippen MR) is 71.2 cm³/mol. The van der Waals surface area contributed by atoms with Crippen molar-refractivity contribution in [1.82, 2.24) is 4.98 Å². The number of aromatic nitrogens is 1. The third-order valence-electron chi connectivity index (χ3n) is 2.48. The van der Waals surface area contributed by atoms with E-state index in [9.17, 15) is 9.18 Å². The fraction of sp³-hybridized carbons (Fsp3) is 0.143. The number of rotatable bonds is 3. The van der Waals surface area contributed by atoms with E-state index in [0.29, 0.717) is 5.03 Å². The molecule has 2 rings (SSSR count). The second-order valence-corrected chi connectivity index (χ2v) is 5.18. The summed E-state index contributed by atoms with van der Waals surface area (Å²) in [6, 6.07) is 7.73. The number of carboxylic acid groups (broad SMARTS) is 1. The molecule has 0 unspecified atom stereocenters. The summed E-state index contributed by atoms with van der Waals surface area (Å²) in [7, 11) is 0. The van der Waals surface area contributed by atoms with Gasteiger partial charge < -0.3 is 5.11 Å². The summed E-state index contributed by atoms with van der Waals surface area (Å²) in [6.45, 7) is 3.76. The lowest BCUT2D eigenvalue weighted by molar-refractivity contribution is 0.0692. The number of carbonyl (C=O) groups is 1. The number of aryl methyl sites for hydroxylation is 2. The summed E-state index contributed by atoms with van der Waals surface area (Å²) >= 11 is 1.03. The normalized spacial score (nSPS) is 10.5. The van der Waals surface area contributed by atoms with Crippen molar-refractivity contribution in [3.05, 3.63) is 53.0 Å². The van der Waals surface area contributed by atoms with Gasteiger partial charge in [-0.25, -0.2) is 14.2 Å². The van der Waals surface area contributed by atoms with Crippen LogP contribution in [0.3, 0.4) is 0 Å². The Kier molecular flexibility index (Phi) is 3.85. The fourth-order valence-electron chi connectivity index (χ4n) is 1.74. The Labute approximate surface area is 114 Å². The molecule has 0 fully saturated rings. The molecule has 0 aliphatic carbocycles. The maximum atomic E-state index is 13.8. The quantitative estimate of drug-likeness (QED) is 0.929. The first-order chi connectivity index (χ1) is 8.97. The van der Waals surface area contributed by atoms with Gasteiger partial charge in [0.2, 0.25) is 0 Å². The summed E-state index contributed by atoms with van der Waals surface area (Å²) in [6.07, 6.45) is 0. The minimum absolute atomic E-state index is 0.0500. The smallest absolute Gasteiger partial charge is 0.336 e. The average molecular weight is 277 g/mol. The SMILES string of the molecule is Cc1cc(C)nc(Sc2c(F)cccc2C(=O)O)c1. The second-order valence-electron chi connectivity index (χ2n) is 4.15. The number of hydrogen-bond acceptors (Lipinski definition) is 3. The number of pyridine rings is 1. The van der Waals surface area contributed by atoms with Crippen LogP contribution < -0.4 is 0 Å². The fourth-order valence-corrected chi connectivity index (χ4v) is 2.82. The highest BCUT2D eigenvalue weighted by atomic mass is 32.2. The lowest BCUT2D eigenvalue weighted by Gasteiger charge is -2.07. The van der Waals surface area contributed by atoms with Crippen molar-refractivity contribution in [2.75, 3.05) is 0 Å². The molecule has 0 spiro atoms. The van der Waals surface area contributed by atoms with Crippen LogP contribution in [-0.4, -0.2) is 16.1 Å². The number of nitrogens with zero attached hydrogens (tertiary/aromatic N) is 1. The molecule has 0 saturated heterocycles. The van der Waals surface area contributed by atoms with Gasteiger partial charge in [-0.3, -0.25) is 0 Å². The van der Waals surface area contributed by atoms with Gasteiger partial charge in [-0.05, 0) is 43.7 Å². The Morgan fingerprint density at radius 3 is 2.68 bits per heavy atom. The van der Waals surface area contributed by atoms with Gasteiger partial charge in [-0.1, -0.05) is 17.8 Å². The Hall–Kier alpha value is -1.88. The predicted octanol–water partition coefficient (Wildman–Crippen LogP) is 3.69. The van der Waals surface area contributed by atoms with Gasteiger partial charge in [0.05, 0.1) is 10.5 Å². The van der Waals surface area contributed by atoms with Crippen LogP contribution in [0.5, 0.6) is 0 Å². The monoisotopic (exact) mass is 277 g/mol. The highest BCUT2D eigenvalue weighted by Gasteiger charge is 2.16. The lowest BCUT2D eigenvalue weighted by atomic mass is 10.2. The summed E-state index contributed by atoms with van der Waals surface area (Å²) in [4.78, 5) is 15.5. The molecule has 98 valence electrons. The van der Waals surface area contributed by atoms with E-state index >= 15 is 0 Å². The highest BCUT2D eigenvalue weighted by molar-refractivity contribution is 7.99. The third-order valence-corrected chi connectivity index (χ3v) is 3.52. The number of aromatic carboxylic acids is 1. The molecule has 1 aromatic heterocycles. The standard InChI is InChI=1S/C14H12FNO2S/c1-8-6-9(2)16-12(7-8)19-13-10(14(17)18)4-3-5-11(13)15/h3-7H,1-2H3,(H,17,18). The summed E-state index contributed by atoms with van der Waals surface area (Å²) < 4.78 is 13.8. The number of hydrogen-bond donors (Lipinski definition) is 1. The van der Waals surface area contributed by atoms with Crippen molar-refractivity contribution in [1.29, 1.82) is 0 Å². The van der Waals surface area contributed by atoms with Gasteiger partial charge in [0.15, 0.2) is 0 Å².